The van der Waals surface area contributed by atoms with E-state index < -0.39 is 115 Å². The number of imidazole rings is 1. The highest BCUT2D eigenvalue weighted by molar-refractivity contribution is 5.99. The molecule has 2 aliphatic rings. The molecular weight excluding hydrogens is 1030 g/mol. The van der Waals surface area contributed by atoms with Gasteiger partial charge in [-0.05, 0) is 74.8 Å². The molecule has 426 valence electrons. The van der Waals surface area contributed by atoms with Gasteiger partial charge >= 0.3 is 0 Å². The lowest BCUT2D eigenvalue weighted by atomic mass is 10.0. The molecule has 6 rings (SSSR count). The number of nitrogens with one attached hydrogen (secondary N) is 11. The number of nitrogens with zero attached hydrogens (tertiary/aromatic N) is 2. The maximum absolute atomic E-state index is 14.4. The lowest BCUT2D eigenvalue weighted by Crippen LogP contribution is -2.61. The summed E-state index contributed by atoms with van der Waals surface area (Å²) in [4.78, 5) is 147. The van der Waals surface area contributed by atoms with E-state index in [2.05, 4.69) is 62.8 Å². The SMILES string of the molecule is CCNC(=O)[C@@H]1CCCN1C(=O)[C@H](CO)NC(=O)[C@H](CC(C)C)NC(=O)[C@@H](C)NC(=O)[C@H](Cc1ccc(O)cc1)NC(=O)[C@H](CO)NC(=O)[C@H](Cc1c[nH]c2ccccc12)NC(=O)[C@H](Cc1cnc[nH]1)NC(=O)[C@@H]1CCC(=O)N1. The fourth-order valence-corrected chi connectivity index (χ4v) is 9.36. The van der Waals surface area contributed by atoms with Crippen LogP contribution in [-0.4, -0.2) is 175 Å². The molecule has 4 heterocycles. The number of aliphatic hydroxyl groups excluding tert-OH is 2. The van der Waals surface area contributed by atoms with Gasteiger partial charge < -0.3 is 78.0 Å². The van der Waals surface area contributed by atoms with Gasteiger partial charge in [0.05, 0.1) is 19.5 Å². The van der Waals surface area contributed by atoms with E-state index >= 15 is 0 Å². The Hall–Kier alpha value is -8.39. The molecule has 2 aromatic carbocycles. The first-order valence-corrected chi connectivity index (χ1v) is 26.3. The third-order valence-corrected chi connectivity index (χ3v) is 13.6. The maximum atomic E-state index is 14.4. The van der Waals surface area contributed by atoms with E-state index in [1.54, 1.807) is 51.2 Å². The van der Waals surface area contributed by atoms with Crippen LogP contribution in [0.1, 0.15) is 76.6 Å². The van der Waals surface area contributed by atoms with Crippen molar-refractivity contribution in [1.82, 2.24) is 67.7 Å². The zero-order chi connectivity index (χ0) is 57.3. The minimum atomic E-state index is -1.74. The van der Waals surface area contributed by atoms with Crippen LogP contribution in [0.2, 0.25) is 0 Å². The Morgan fingerprint density at radius 1 is 0.684 bits per heavy atom. The summed E-state index contributed by atoms with van der Waals surface area (Å²) in [6.45, 7) is 5.41. The Balaban J connectivity index is 1.17. The number of phenols is 1. The van der Waals surface area contributed by atoms with Crippen molar-refractivity contribution < 1.29 is 63.3 Å². The number of carbonyl (C=O) groups excluding carboxylic acids is 10. The van der Waals surface area contributed by atoms with E-state index in [4.69, 9.17) is 0 Å². The number of likely N-dealkylation sites (N-methyl/N-ethyl adjacent to an activating group) is 1. The van der Waals surface area contributed by atoms with Gasteiger partial charge in [0.25, 0.3) is 0 Å². The van der Waals surface area contributed by atoms with Crippen LogP contribution in [0, 0.1) is 5.92 Å². The third-order valence-electron chi connectivity index (χ3n) is 13.6. The second kappa shape index (κ2) is 28.3. The summed E-state index contributed by atoms with van der Waals surface area (Å²) in [5.74, 6) is -7.64. The molecule has 0 aliphatic carbocycles. The minimum absolute atomic E-state index is 0.0690. The maximum Gasteiger partial charge on any atom is 0.248 e. The summed E-state index contributed by atoms with van der Waals surface area (Å²) in [5.41, 5.74) is 2.19. The van der Waals surface area contributed by atoms with E-state index in [0.29, 0.717) is 41.6 Å². The van der Waals surface area contributed by atoms with Gasteiger partial charge in [0.2, 0.25) is 59.1 Å². The smallest absolute Gasteiger partial charge is 0.248 e. The molecule has 14 N–H and O–H groups in total. The molecule has 26 heteroatoms. The number of amides is 10. The number of aromatic hydroxyl groups is 1. The largest absolute Gasteiger partial charge is 0.508 e. The lowest BCUT2D eigenvalue weighted by Gasteiger charge is -2.29. The van der Waals surface area contributed by atoms with Gasteiger partial charge in [0.1, 0.15) is 60.1 Å². The van der Waals surface area contributed by atoms with Gasteiger partial charge in [-0.2, -0.15) is 0 Å². The third kappa shape index (κ3) is 16.6. The number of H-pyrrole nitrogens is 2. The zero-order valence-electron chi connectivity index (χ0n) is 44.4. The molecule has 10 amide bonds. The molecular formula is C53H71N13O13. The van der Waals surface area contributed by atoms with Crippen molar-refractivity contribution in [2.24, 2.45) is 5.92 Å². The monoisotopic (exact) mass is 1100 g/mol. The average molecular weight is 1100 g/mol. The Morgan fingerprint density at radius 3 is 1.92 bits per heavy atom. The second-order valence-electron chi connectivity index (χ2n) is 20.1. The molecule has 2 saturated heterocycles. The first-order chi connectivity index (χ1) is 37.8. The predicted octanol–water partition coefficient (Wildman–Crippen LogP) is -2.53. The first kappa shape index (κ1) is 59.8. The number of fused-ring (bicyclic) bond motifs is 1. The number of phenolic OH excluding ortho intramolecular Hbond substituents is 1. The number of benzene rings is 2. The van der Waals surface area contributed by atoms with Crippen LogP contribution in [0.4, 0.5) is 0 Å². The zero-order valence-corrected chi connectivity index (χ0v) is 44.4. The van der Waals surface area contributed by atoms with E-state index in [1.807, 2.05) is 0 Å². The number of hydrogen-bond donors (Lipinski definition) is 14. The van der Waals surface area contributed by atoms with Crippen molar-refractivity contribution in [3.8, 4) is 5.75 Å². The molecule has 2 fully saturated rings. The predicted molar refractivity (Wildman–Crippen MR) is 284 cm³/mol. The Kier molecular flexibility index (Phi) is 21.4. The Morgan fingerprint density at radius 2 is 1.29 bits per heavy atom. The second-order valence-corrected chi connectivity index (χ2v) is 20.1. The number of carbonyl (C=O) groups is 10. The van der Waals surface area contributed by atoms with Crippen molar-refractivity contribution in [2.45, 2.75) is 133 Å². The van der Waals surface area contributed by atoms with E-state index in [-0.39, 0.29) is 68.6 Å². The molecule has 0 saturated carbocycles. The van der Waals surface area contributed by atoms with Gasteiger partial charge in [-0.25, -0.2) is 4.98 Å². The lowest BCUT2D eigenvalue weighted by molar-refractivity contribution is -0.142. The fraction of sp³-hybridized carbons (Fsp3) is 0.491. The van der Waals surface area contributed by atoms with E-state index in [9.17, 15) is 63.3 Å². The van der Waals surface area contributed by atoms with Crippen molar-refractivity contribution in [2.75, 3.05) is 26.3 Å². The molecule has 79 heavy (non-hydrogen) atoms. The number of aliphatic hydroxyl groups is 2. The van der Waals surface area contributed by atoms with Crippen molar-refractivity contribution >= 4 is 70.0 Å². The highest BCUT2D eigenvalue weighted by atomic mass is 16.3. The van der Waals surface area contributed by atoms with Crippen LogP contribution in [0.3, 0.4) is 0 Å². The van der Waals surface area contributed by atoms with Crippen molar-refractivity contribution in [3.63, 3.8) is 0 Å². The first-order valence-electron chi connectivity index (χ1n) is 26.3. The summed E-state index contributed by atoms with van der Waals surface area (Å²) >= 11 is 0. The molecule has 2 aromatic heterocycles. The average Bonchev–Trinajstić information content (AvgIpc) is 4.30. The number of likely N-dealkylation sites (tertiary alicyclic amines) is 1. The highest BCUT2D eigenvalue weighted by Gasteiger charge is 2.39. The summed E-state index contributed by atoms with van der Waals surface area (Å²) in [6.07, 6.45) is 5.29. The molecule has 9 atom stereocenters. The Labute approximate surface area is 455 Å². The number of aromatic amines is 2. The van der Waals surface area contributed by atoms with Gasteiger partial charge in [-0.15, -0.1) is 0 Å². The van der Waals surface area contributed by atoms with E-state index in [0.717, 1.165) is 5.52 Å². The molecule has 0 bridgehead atoms. The number of hydrogen-bond acceptors (Lipinski definition) is 14. The van der Waals surface area contributed by atoms with E-state index in [1.165, 1.54) is 48.6 Å². The van der Waals surface area contributed by atoms with Crippen LogP contribution in [0.25, 0.3) is 10.9 Å². The highest BCUT2D eigenvalue weighted by Crippen LogP contribution is 2.21. The summed E-state index contributed by atoms with van der Waals surface area (Å²) < 4.78 is 0. The molecule has 0 unspecified atom stereocenters. The van der Waals surface area contributed by atoms with Crippen LogP contribution < -0.4 is 47.9 Å². The summed E-state index contributed by atoms with van der Waals surface area (Å²) in [7, 11) is 0. The number of aromatic nitrogens is 3. The van der Waals surface area contributed by atoms with Crippen LogP contribution in [0.5, 0.6) is 5.75 Å². The Bertz CT molecular complexity index is 2800. The van der Waals surface area contributed by atoms with Crippen LogP contribution >= 0.6 is 0 Å². The van der Waals surface area contributed by atoms with Crippen molar-refractivity contribution in [3.05, 3.63) is 84.1 Å². The topological polar surface area (TPSA) is 387 Å². The van der Waals surface area contributed by atoms with Crippen LogP contribution in [0.15, 0.2) is 67.3 Å². The quantitative estimate of drug-likeness (QED) is 0.0293. The molecule has 4 aromatic rings. The van der Waals surface area contributed by atoms with Crippen molar-refractivity contribution in [1.29, 1.82) is 0 Å². The number of para-hydroxylation sites is 1. The molecule has 0 radical (unpaired) electrons. The minimum Gasteiger partial charge on any atom is -0.508 e. The normalized spacial score (nSPS) is 17.7. The molecule has 26 nitrogen and oxygen atoms in total. The molecule has 2 aliphatic heterocycles. The van der Waals surface area contributed by atoms with Gasteiger partial charge in [0, 0.05) is 67.8 Å². The summed E-state index contributed by atoms with van der Waals surface area (Å²) in [5, 5.41) is 54.8. The fourth-order valence-electron chi connectivity index (χ4n) is 9.36. The van der Waals surface area contributed by atoms with Gasteiger partial charge in [-0.3, -0.25) is 47.9 Å². The molecule has 0 spiro atoms. The standard InChI is InChI=1S/C53H71N13O13/c1-5-55-52(78)43-11-8-18-66(43)53(79)42(26-68)65-48(74)37(19-28(2)3)60-45(71)29(4)58-47(73)38(20-30-12-14-33(69)15-13-30)61-51(77)41(25-67)64-49(75)39(21-31-23-56-35-10-7-6-9-34(31)35)62-50(76)40(22-32-24-54-27-57-32)63-46(72)36-16-17-44(70)59-36/h6-7,9-10,12-15,23-24,27-29,36-43,56,67-69H,5,8,11,16-22,25-26H2,1-4H3,(H,54,57)(H,55,78)(H,58,73)(H,59,70)(H,60,71)(H,61,77)(H,62,76)(H,63,72)(H,64,75)(H,65,74)/t29-,36+,37+,38+,39+,40+,41+,42+,43+/m1/s1. The number of rotatable bonds is 27. The van der Waals surface area contributed by atoms with Crippen LogP contribution in [-0.2, 0) is 67.2 Å². The van der Waals surface area contributed by atoms with Gasteiger partial charge in [0.15, 0.2) is 0 Å². The summed E-state index contributed by atoms with van der Waals surface area (Å²) in [6, 6.07) is 1.08. The van der Waals surface area contributed by atoms with Gasteiger partial charge in [-0.1, -0.05) is 44.2 Å².